The third-order valence-electron chi connectivity index (χ3n) is 2.82. The third kappa shape index (κ3) is 4.63. The number of nitrogens with zero attached hydrogens (tertiary/aromatic N) is 1. The van der Waals surface area contributed by atoms with Crippen molar-refractivity contribution in [3.8, 4) is 0 Å². The average Bonchev–Trinajstić information content (AvgIpc) is 2.36. The fourth-order valence-corrected chi connectivity index (χ4v) is 1.96. The first-order valence-electron chi connectivity index (χ1n) is 6.55. The molecular formula is C14H19F3N2O2. The maximum absolute atomic E-state index is 13.0. The van der Waals surface area contributed by atoms with Crippen LogP contribution in [0.5, 0.6) is 0 Å². The quantitative estimate of drug-likeness (QED) is 0.879. The lowest BCUT2D eigenvalue weighted by atomic mass is 10.1. The van der Waals surface area contributed by atoms with Crippen molar-refractivity contribution in [3.63, 3.8) is 0 Å². The van der Waals surface area contributed by atoms with E-state index < -0.39 is 23.8 Å². The van der Waals surface area contributed by atoms with E-state index in [0.717, 1.165) is 6.07 Å². The minimum atomic E-state index is -4.55. The molecule has 0 aliphatic carbocycles. The maximum atomic E-state index is 13.0. The molecule has 0 heterocycles. The number of carbonyl (C=O) groups is 1. The van der Waals surface area contributed by atoms with Crippen LogP contribution < -0.4 is 5.32 Å². The Morgan fingerprint density at radius 2 is 2.05 bits per heavy atom. The summed E-state index contributed by atoms with van der Waals surface area (Å²) in [6, 6.07) is 3.42. The van der Waals surface area contributed by atoms with Crippen molar-refractivity contribution in [1.82, 2.24) is 4.90 Å². The highest BCUT2D eigenvalue weighted by molar-refractivity contribution is 5.94. The molecule has 1 atom stereocenters. The third-order valence-corrected chi connectivity index (χ3v) is 2.82. The van der Waals surface area contributed by atoms with Crippen molar-refractivity contribution in [3.05, 3.63) is 29.3 Å². The zero-order valence-electron chi connectivity index (χ0n) is 12.2. The number of alkyl halides is 3. The summed E-state index contributed by atoms with van der Waals surface area (Å²) in [5.41, 5.74) is -0.993. The van der Waals surface area contributed by atoms with E-state index in [-0.39, 0.29) is 17.8 Å². The summed E-state index contributed by atoms with van der Waals surface area (Å²) in [6.45, 7) is 3.59. The van der Waals surface area contributed by atoms with Crippen LogP contribution in [0.25, 0.3) is 0 Å². The van der Waals surface area contributed by atoms with E-state index in [1.54, 1.807) is 6.92 Å². The number of hydrogen-bond donors (Lipinski definition) is 2. The second-order valence-corrected chi connectivity index (χ2v) is 4.82. The molecule has 0 saturated carbocycles. The molecule has 2 N–H and O–H groups in total. The van der Waals surface area contributed by atoms with Crippen molar-refractivity contribution in [2.45, 2.75) is 26.1 Å². The minimum absolute atomic E-state index is 0.0507. The number of amides is 1. The Morgan fingerprint density at radius 1 is 1.43 bits per heavy atom. The van der Waals surface area contributed by atoms with E-state index in [1.165, 1.54) is 31.0 Å². The van der Waals surface area contributed by atoms with Gasteiger partial charge in [0.25, 0.3) is 5.91 Å². The second-order valence-electron chi connectivity index (χ2n) is 4.82. The minimum Gasteiger partial charge on any atom is -0.392 e. The lowest BCUT2D eigenvalue weighted by Gasteiger charge is -2.20. The molecule has 1 aromatic carbocycles. The highest BCUT2D eigenvalue weighted by atomic mass is 19.4. The predicted molar refractivity (Wildman–Crippen MR) is 74.2 cm³/mol. The zero-order chi connectivity index (χ0) is 16.2. The van der Waals surface area contributed by atoms with E-state index in [2.05, 4.69) is 5.32 Å². The smallest absolute Gasteiger partial charge is 0.392 e. The number of aliphatic hydroxyl groups is 1. The van der Waals surface area contributed by atoms with Crippen LogP contribution in [0.1, 0.15) is 29.8 Å². The van der Waals surface area contributed by atoms with Gasteiger partial charge in [0.05, 0.1) is 11.7 Å². The Balaban J connectivity index is 3.13. The SMILES string of the molecule is CCNc1ccc(C(=O)N(C)CC(C)O)cc1C(F)(F)F. The van der Waals surface area contributed by atoms with Gasteiger partial charge in [0.15, 0.2) is 0 Å². The number of hydrogen-bond acceptors (Lipinski definition) is 3. The highest BCUT2D eigenvalue weighted by Gasteiger charge is 2.34. The normalized spacial score (nSPS) is 12.9. The van der Waals surface area contributed by atoms with Crippen LogP contribution in [0.2, 0.25) is 0 Å². The summed E-state index contributed by atoms with van der Waals surface area (Å²) in [5.74, 6) is -0.565. The summed E-state index contributed by atoms with van der Waals surface area (Å²) < 4.78 is 39.1. The molecule has 0 bridgehead atoms. The number of carbonyl (C=O) groups excluding carboxylic acids is 1. The van der Waals surface area contributed by atoms with Gasteiger partial charge in [0.2, 0.25) is 0 Å². The Hall–Kier alpha value is -1.76. The summed E-state index contributed by atoms with van der Waals surface area (Å²) in [4.78, 5) is 13.2. The number of aliphatic hydroxyl groups excluding tert-OH is 1. The number of rotatable bonds is 5. The van der Waals surface area contributed by atoms with Gasteiger partial charge in [-0.1, -0.05) is 0 Å². The van der Waals surface area contributed by atoms with Crippen LogP contribution >= 0.6 is 0 Å². The van der Waals surface area contributed by atoms with Crippen molar-refractivity contribution in [2.24, 2.45) is 0 Å². The first-order valence-corrected chi connectivity index (χ1v) is 6.55. The van der Waals surface area contributed by atoms with Crippen LogP contribution in [0.15, 0.2) is 18.2 Å². The average molecular weight is 304 g/mol. The molecule has 1 rings (SSSR count). The molecule has 0 radical (unpaired) electrons. The summed E-state index contributed by atoms with van der Waals surface area (Å²) >= 11 is 0. The lowest BCUT2D eigenvalue weighted by Crippen LogP contribution is -2.33. The molecule has 118 valence electrons. The van der Waals surface area contributed by atoms with Gasteiger partial charge < -0.3 is 15.3 Å². The van der Waals surface area contributed by atoms with Crippen molar-refractivity contribution in [2.75, 3.05) is 25.5 Å². The standard InChI is InChI=1S/C14H19F3N2O2/c1-4-18-12-6-5-10(7-11(12)14(15,16)17)13(21)19(3)8-9(2)20/h5-7,9,18,20H,4,8H2,1-3H3. The van der Waals surface area contributed by atoms with Crippen LogP contribution in [-0.4, -0.2) is 42.2 Å². The molecule has 1 aromatic rings. The van der Waals surface area contributed by atoms with E-state index >= 15 is 0 Å². The van der Waals surface area contributed by atoms with Gasteiger partial charge in [0.1, 0.15) is 0 Å². The second kappa shape index (κ2) is 6.80. The van der Waals surface area contributed by atoms with Gasteiger partial charge in [-0.3, -0.25) is 4.79 Å². The molecule has 1 amide bonds. The van der Waals surface area contributed by atoms with Crippen molar-refractivity contribution in [1.29, 1.82) is 0 Å². The van der Waals surface area contributed by atoms with Gasteiger partial charge in [-0.15, -0.1) is 0 Å². The zero-order valence-corrected chi connectivity index (χ0v) is 12.2. The molecule has 7 heteroatoms. The first-order chi connectivity index (χ1) is 9.66. The van der Waals surface area contributed by atoms with E-state index in [4.69, 9.17) is 0 Å². The van der Waals surface area contributed by atoms with Crippen LogP contribution in [0.4, 0.5) is 18.9 Å². The molecule has 0 fully saturated rings. The molecule has 0 aliphatic rings. The van der Waals surface area contributed by atoms with Gasteiger partial charge in [-0.05, 0) is 32.0 Å². The Kier molecular flexibility index (Phi) is 5.60. The van der Waals surface area contributed by atoms with Gasteiger partial charge in [-0.2, -0.15) is 13.2 Å². The molecule has 21 heavy (non-hydrogen) atoms. The van der Waals surface area contributed by atoms with E-state index in [0.29, 0.717) is 6.54 Å². The van der Waals surface area contributed by atoms with Crippen molar-refractivity contribution < 1.29 is 23.1 Å². The molecule has 1 unspecified atom stereocenters. The van der Waals surface area contributed by atoms with Crippen LogP contribution in [0.3, 0.4) is 0 Å². The Morgan fingerprint density at radius 3 is 2.52 bits per heavy atom. The number of likely N-dealkylation sites (N-methyl/N-ethyl adjacent to an activating group) is 1. The molecule has 4 nitrogen and oxygen atoms in total. The topological polar surface area (TPSA) is 52.6 Å². The monoisotopic (exact) mass is 304 g/mol. The van der Waals surface area contributed by atoms with Crippen LogP contribution in [0, 0.1) is 0 Å². The largest absolute Gasteiger partial charge is 0.418 e. The number of benzene rings is 1. The van der Waals surface area contributed by atoms with Gasteiger partial charge >= 0.3 is 6.18 Å². The number of anilines is 1. The summed E-state index contributed by atoms with van der Waals surface area (Å²) in [5, 5.41) is 11.9. The molecule has 0 saturated heterocycles. The Bertz CT molecular complexity index is 501. The molecule has 0 aliphatic heterocycles. The molecule has 0 spiro atoms. The van der Waals surface area contributed by atoms with Gasteiger partial charge in [0, 0.05) is 31.4 Å². The summed E-state index contributed by atoms with van der Waals surface area (Å²) in [6.07, 6.45) is -5.29. The lowest BCUT2D eigenvalue weighted by molar-refractivity contribution is -0.137. The van der Waals surface area contributed by atoms with Crippen LogP contribution in [-0.2, 0) is 6.18 Å². The molecule has 0 aromatic heterocycles. The summed E-state index contributed by atoms with van der Waals surface area (Å²) in [7, 11) is 1.43. The number of halogens is 3. The first kappa shape index (κ1) is 17.3. The van der Waals surface area contributed by atoms with E-state index in [1.807, 2.05) is 0 Å². The molecular weight excluding hydrogens is 285 g/mol. The highest BCUT2D eigenvalue weighted by Crippen LogP contribution is 2.35. The maximum Gasteiger partial charge on any atom is 0.418 e. The number of nitrogens with one attached hydrogen (secondary N) is 1. The van der Waals surface area contributed by atoms with Gasteiger partial charge in [-0.25, -0.2) is 0 Å². The predicted octanol–water partition coefficient (Wildman–Crippen LogP) is 2.59. The van der Waals surface area contributed by atoms with E-state index in [9.17, 15) is 23.1 Å². The fourth-order valence-electron chi connectivity index (χ4n) is 1.96. The Labute approximate surface area is 121 Å². The fraction of sp³-hybridized carbons (Fsp3) is 0.500. The van der Waals surface area contributed by atoms with Crippen molar-refractivity contribution >= 4 is 11.6 Å².